The van der Waals surface area contributed by atoms with Crippen molar-refractivity contribution in [2.45, 2.75) is 25.8 Å². The number of aromatic nitrogens is 3. The molecule has 4 rings (SSSR count). The second kappa shape index (κ2) is 7.92. The molecule has 0 atom stereocenters. The first kappa shape index (κ1) is 18.5. The van der Waals surface area contributed by atoms with Crippen molar-refractivity contribution in [1.82, 2.24) is 20.3 Å². The number of nitrogens with zero attached hydrogens (tertiary/aromatic N) is 3. The molecule has 0 bridgehead atoms. The Morgan fingerprint density at radius 1 is 1.27 bits per heavy atom. The average Bonchev–Trinajstić information content (AvgIpc) is 3.04. The molecule has 2 aliphatic rings. The average molecular weight is 380 g/mol. The summed E-state index contributed by atoms with van der Waals surface area (Å²) in [7, 11) is 0. The highest BCUT2D eigenvalue weighted by molar-refractivity contribution is 6.04. The van der Waals surface area contributed by atoms with E-state index in [0.717, 1.165) is 31.6 Å². The van der Waals surface area contributed by atoms with E-state index in [1.165, 1.54) is 0 Å². The van der Waals surface area contributed by atoms with Crippen LogP contribution in [0.25, 0.3) is 0 Å². The van der Waals surface area contributed by atoms with Gasteiger partial charge in [0.05, 0.1) is 17.4 Å². The first-order valence-electron chi connectivity index (χ1n) is 8.56. The first-order valence-corrected chi connectivity index (χ1v) is 8.56. The normalized spacial score (nSPS) is 16.7. The third-order valence-electron chi connectivity index (χ3n) is 4.61. The lowest BCUT2D eigenvalue weighted by atomic mass is 10.1. The van der Waals surface area contributed by atoms with E-state index < -0.39 is 0 Å². The van der Waals surface area contributed by atoms with Gasteiger partial charge in [0.2, 0.25) is 0 Å². The van der Waals surface area contributed by atoms with Crippen LogP contribution in [0.4, 0.5) is 5.69 Å². The van der Waals surface area contributed by atoms with E-state index in [4.69, 9.17) is 9.47 Å². The molecule has 0 unspecified atom stereocenters. The van der Waals surface area contributed by atoms with Gasteiger partial charge in [-0.25, -0.2) is 4.68 Å². The van der Waals surface area contributed by atoms with E-state index in [-0.39, 0.29) is 24.4 Å². The minimum Gasteiger partial charge on any atom is -0.486 e. The van der Waals surface area contributed by atoms with Gasteiger partial charge in [-0.05, 0) is 45.0 Å². The zero-order chi connectivity index (χ0) is 17.2. The number of hydrogen-bond acceptors (Lipinski definition) is 6. The number of benzene rings is 1. The van der Waals surface area contributed by atoms with Crippen molar-refractivity contribution in [3.8, 4) is 11.5 Å². The Kier molecular flexibility index (Phi) is 5.63. The predicted molar refractivity (Wildman–Crippen MR) is 98.5 cm³/mol. The van der Waals surface area contributed by atoms with Crippen molar-refractivity contribution in [2.75, 3.05) is 31.6 Å². The maximum Gasteiger partial charge on any atom is 0.278 e. The molecule has 2 aromatic rings. The van der Waals surface area contributed by atoms with Gasteiger partial charge in [-0.3, -0.25) is 4.79 Å². The number of nitrogens with one attached hydrogen (secondary N) is 2. The number of amides is 1. The van der Waals surface area contributed by atoms with Crippen LogP contribution < -0.4 is 20.1 Å². The molecule has 0 saturated carbocycles. The van der Waals surface area contributed by atoms with Crippen LogP contribution in [0.2, 0.25) is 0 Å². The second-order valence-electron chi connectivity index (χ2n) is 6.23. The summed E-state index contributed by atoms with van der Waals surface area (Å²) in [5.41, 5.74) is 1.71. The van der Waals surface area contributed by atoms with Crippen LogP contribution >= 0.6 is 12.4 Å². The third-order valence-corrected chi connectivity index (χ3v) is 4.61. The van der Waals surface area contributed by atoms with Crippen molar-refractivity contribution >= 4 is 24.0 Å². The first-order chi connectivity index (χ1) is 12.2. The van der Waals surface area contributed by atoms with Crippen LogP contribution in [-0.2, 0) is 0 Å². The molecule has 1 aromatic heterocycles. The molecule has 26 heavy (non-hydrogen) atoms. The highest BCUT2D eigenvalue weighted by Crippen LogP contribution is 2.37. The summed E-state index contributed by atoms with van der Waals surface area (Å²) in [6.45, 7) is 4.77. The van der Waals surface area contributed by atoms with Crippen molar-refractivity contribution in [3.63, 3.8) is 0 Å². The molecule has 3 heterocycles. The van der Waals surface area contributed by atoms with Gasteiger partial charge in [0.25, 0.3) is 5.91 Å². The van der Waals surface area contributed by atoms with Crippen molar-refractivity contribution in [1.29, 1.82) is 0 Å². The van der Waals surface area contributed by atoms with E-state index in [1.54, 1.807) is 6.07 Å². The van der Waals surface area contributed by atoms with Crippen molar-refractivity contribution in [3.05, 3.63) is 29.6 Å². The van der Waals surface area contributed by atoms with Crippen LogP contribution in [0.1, 0.15) is 35.1 Å². The van der Waals surface area contributed by atoms with E-state index in [2.05, 4.69) is 20.9 Å². The summed E-state index contributed by atoms with van der Waals surface area (Å²) in [6.07, 6.45) is 1.98. The van der Waals surface area contributed by atoms with Crippen LogP contribution in [0.5, 0.6) is 11.5 Å². The minimum atomic E-state index is -0.291. The zero-order valence-corrected chi connectivity index (χ0v) is 15.3. The predicted octanol–water partition coefficient (Wildman–Crippen LogP) is 1.96. The van der Waals surface area contributed by atoms with Crippen LogP contribution in [0.15, 0.2) is 18.2 Å². The largest absolute Gasteiger partial charge is 0.486 e. The third kappa shape index (κ3) is 3.47. The lowest BCUT2D eigenvalue weighted by molar-refractivity contribution is 0.102. The maximum absolute atomic E-state index is 12.7. The number of anilines is 1. The van der Waals surface area contributed by atoms with E-state index in [0.29, 0.717) is 36.1 Å². The summed E-state index contributed by atoms with van der Waals surface area (Å²) < 4.78 is 13.0. The second-order valence-corrected chi connectivity index (χ2v) is 6.23. The fourth-order valence-electron chi connectivity index (χ4n) is 3.30. The molecular formula is C17H22ClN5O3. The van der Waals surface area contributed by atoms with Gasteiger partial charge in [-0.2, -0.15) is 0 Å². The Balaban J connectivity index is 0.00000196. The van der Waals surface area contributed by atoms with Gasteiger partial charge in [0, 0.05) is 0 Å². The molecule has 0 spiro atoms. The Labute approximate surface area is 157 Å². The standard InChI is InChI=1S/C17H21N5O3.ClH/c1-11-15(20-21-22(11)12-5-7-18-8-6-12)17(23)19-13-3-2-4-14-16(13)25-10-9-24-14;/h2-4,12,18H,5-10H2,1H3,(H,19,23);1H. The molecule has 0 radical (unpaired) electrons. The highest BCUT2D eigenvalue weighted by atomic mass is 35.5. The molecule has 1 aromatic carbocycles. The van der Waals surface area contributed by atoms with Crippen LogP contribution in [-0.4, -0.2) is 47.2 Å². The molecule has 2 N–H and O–H groups in total. The molecule has 1 saturated heterocycles. The van der Waals surface area contributed by atoms with E-state index >= 15 is 0 Å². The highest BCUT2D eigenvalue weighted by Gasteiger charge is 2.24. The van der Waals surface area contributed by atoms with Crippen LogP contribution in [0, 0.1) is 6.92 Å². The quantitative estimate of drug-likeness (QED) is 0.847. The SMILES string of the molecule is Cc1c(C(=O)Nc2cccc3c2OCCO3)nnn1C1CCNCC1.Cl. The summed E-state index contributed by atoms with van der Waals surface area (Å²) in [6, 6.07) is 5.72. The zero-order valence-electron chi connectivity index (χ0n) is 14.5. The fourth-order valence-corrected chi connectivity index (χ4v) is 3.30. The van der Waals surface area contributed by atoms with Gasteiger partial charge in [-0.15, -0.1) is 17.5 Å². The molecule has 0 aliphatic carbocycles. The Bertz CT molecular complexity index is 789. The summed E-state index contributed by atoms with van der Waals surface area (Å²) in [5.74, 6) is 0.907. The number of para-hydroxylation sites is 1. The topological polar surface area (TPSA) is 90.3 Å². The summed E-state index contributed by atoms with van der Waals surface area (Å²) >= 11 is 0. The molecule has 1 fully saturated rings. The number of ether oxygens (including phenoxy) is 2. The smallest absolute Gasteiger partial charge is 0.278 e. The summed E-state index contributed by atoms with van der Waals surface area (Å²) in [4.78, 5) is 12.7. The monoisotopic (exact) mass is 379 g/mol. The molecule has 140 valence electrons. The lowest BCUT2D eigenvalue weighted by Gasteiger charge is -2.23. The number of halogens is 1. The Hall–Kier alpha value is -2.32. The number of rotatable bonds is 3. The summed E-state index contributed by atoms with van der Waals surface area (Å²) in [5, 5.41) is 14.5. The number of hydrogen-bond donors (Lipinski definition) is 2. The number of piperidine rings is 1. The molecule has 8 nitrogen and oxygen atoms in total. The van der Waals surface area contributed by atoms with Gasteiger partial charge < -0.3 is 20.1 Å². The van der Waals surface area contributed by atoms with Crippen molar-refractivity contribution < 1.29 is 14.3 Å². The Morgan fingerprint density at radius 2 is 2.04 bits per heavy atom. The lowest BCUT2D eigenvalue weighted by Crippen LogP contribution is -2.30. The van der Waals surface area contributed by atoms with Gasteiger partial charge in [-0.1, -0.05) is 11.3 Å². The van der Waals surface area contributed by atoms with Gasteiger partial charge in [0.15, 0.2) is 17.2 Å². The van der Waals surface area contributed by atoms with Crippen molar-refractivity contribution in [2.24, 2.45) is 0 Å². The molecule has 1 amide bonds. The van der Waals surface area contributed by atoms with Gasteiger partial charge in [0.1, 0.15) is 13.2 Å². The number of fused-ring (bicyclic) bond motifs is 1. The molecule has 2 aliphatic heterocycles. The van der Waals surface area contributed by atoms with E-state index in [1.807, 2.05) is 23.7 Å². The van der Waals surface area contributed by atoms with Gasteiger partial charge >= 0.3 is 0 Å². The fraction of sp³-hybridized carbons (Fsp3) is 0.471. The number of carbonyl (C=O) groups is 1. The molecule has 9 heteroatoms. The Morgan fingerprint density at radius 3 is 2.85 bits per heavy atom. The molecular weight excluding hydrogens is 358 g/mol. The van der Waals surface area contributed by atoms with Crippen LogP contribution in [0.3, 0.4) is 0 Å². The number of carbonyl (C=O) groups excluding carboxylic acids is 1. The van der Waals surface area contributed by atoms with E-state index in [9.17, 15) is 4.79 Å². The minimum absolute atomic E-state index is 0. The maximum atomic E-state index is 12.7.